The molecule has 1 aliphatic heterocycles. The summed E-state index contributed by atoms with van der Waals surface area (Å²) in [4.78, 5) is 28.7. The summed E-state index contributed by atoms with van der Waals surface area (Å²) in [5, 5.41) is 2.89. The Hall–Kier alpha value is -2.86. The zero-order valence-electron chi connectivity index (χ0n) is 16.4. The highest BCUT2D eigenvalue weighted by atomic mass is 16.5. The molecule has 3 rings (SSSR count). The second kappa shape index (κ2) is 9.37. The third kappa shape index (κ3) is 5.57. The predicted octanol–water partition coefficient (Wildman–Crippen LogP) is 3.01. The van der Waals surface area contributed by atoms with Crippen molar-refractivity contribution in [1.82, 2.24) is 4.90 Å². The minimum atomic E-state index is -0.357. The monoisotopic (exact) mass is 381 g/mol. The van der Waals surface area contributed by atoms with E-state index in [4.69, 9.17) is 4.74 Å². The number of benzene rings is 2. The van der Waals surface area contributed by atoms with E-state index in [2.05, 4.69) is 27.2 Å². The number of nitrogens with zero attached hydrogens (tertiary/aromatic N) is 2. The van der Waals surface area contributed by atoms with Crippen molar-refractivity contribution in [2.24, 2.45) is 0 Å². The molecule has 6 heteroatoms. The molecule has 0 bridgehead atoms. The number of hydrogen-bond acceptors (Lipinski definition) is 5. The van der Waals surface area contributed by atoms with Crippen molar-refractivity contribution < 1.29 is 14.3 Å². The number of hydrogen-bond donors (Lipinski definition) is 1. The fraction of sp³-hybridized carbons (Fsp3) is 0.364. The van der Waals surface area contributed by atoms with Crippen molar-refractivity contribution in [3.05, 3.63) is 60.2 Å². The SMILES string of the molecule is CC(C)OC(=O)c1ccc(NC(=O)CN2CCN(c3ccccc3)CC2)cc1. The Bertz CT molecular complexity index is 782. The van der Waals surface area contributed by atoms with Gasteiger partial charge >= 0.3 is 5.97 Å². The van der Waals surface area contributed by atoms with E-state index < -0.39 is 0 Å². The third-order valence-electron chi connectivity index (χ3n) is 4.61. The summed E-state index contributed by atoms with van der Waals surface area (Å²) >= 11 is 0. The van der Waals surface area contributed by atoms with Gasteiger partial charge in [-0.1, -0.05) is 18.2 Å². The fourth-order valence-corrected chi connectivity index (χ4v) is 3.18. The number of nitrogens with one attached hydrogen (secondary N) is 1. The standard InChI is InChI=1S/C22H27N3O3/c1-17(2)28-22(27)18-8-10-19(11-9-18)23-21(26)16-24-12-14-25(15-13-24)20-6-4-3-5-7-20/h3-11,17H,12-16H2,1-2H3,(H,23,26). The molecule has 0 aromatic heterocycles. The average Bonchev–Trinajstić information content (AvgIpc) is 2.69. The molecule has 0 unspecified atom stereocenters. The van der Waals surface area contributed by atoms with E-state index in [9.17, 15) is 9.59 Å². The number of ether oxygens (including phenoxy) is 1. The number of carbonyl (C=O) groups excluding carboxylic acids is 2. The molecule has 1 amide bonds. The molecule has 6 nitrogen and oxygen atoms in total. The first-order valence-electron chi connectivity index (χ1n) is 9.64. The third-order valence-corrected chi connectivity index (χ3v) is 4.61. The molecule has 1 aliphatic rings. The molecular formula is C22H27N3O3. The highest BCUT2D eigenvalue weighted by molar-refractivity contribution is 5.94. The Morgan fingerprint density at radius 1 is 0.964 bits per heavy atom. The topological polar surface area (TPSA) is 61.9 Å². The van der Waals surface area contributed by atoms with Gasteiger partial charge in [0.25, 0.3) is 0 Å². The summed E-state index contributed by atoms with van der Waals surface area (Å²) in [6.07, 6.45) is -0.158. The van der Waals surface area contributed by atoms with E-state index in [-0.39, 0.29) is 18.0 Å². The lowest BCUT2D eigenvalue weighted by Gasteiger charge is -2.35. The number of amides is 1. The van der Waals surface area contributed by atoms with E-state index in [0.717, 1.165) is 26.2 Å². The molecule has 2 aromatic rings. The molecule has 1 saturated heterocycles. The second-order valence-electron chi connectivity index (χ2n) is 7.18. The zero-order valence-corrected chi connectivity index (χ0v) is 16.4. The van der Waals surface area contributed by atoms with Crippen LogP contribution in [0.4, 0.5) is 11.4 Å². The van der Waals surface area contributed by atoms with E-state index in [1.807, 2.05) is 32.0 Å². The van der Waals surface area contributed by atoms with Gasteiger partial charge < -0.3 is 15.0 Å². The first kappa shape index (κ1) is 19.9. The molecule has 1 fully saturated rings. The summed E-state index contributed by atoms with van der Waals surface area (Å²) in [7, 11) is 0. The Balaban J connectivity index is 1.45. The molecule has 0 spiro atoms. The Labute approximate surface area is 166 Å². The van der Waals surface area contributed by atoms with Gasteiger partial charge in [-0.3, -0.25) is 9.69 Å². The van der Waals surface area contributed by atoms with Crippen molar-refractivity contribution in [2.75, 3.05) is 42.9 Å². The van der Waals surface area contributed by atoms with Crippen LogP contribution < -0.4 is 10.2 Å². The highest BCUT2D eigenvalue weighted by Gasteiger charge is 2.19. The van der Waals surface area contributed by atoms with Crippen LogP contribution in [0.25, 0.3) is 0 Å². The largest absolute Gasteiger partial charge is 0.459 e. The maximum Gasteiger partial charge on any atom is 0.338 e. The van der Waals surface area contributed by atoms with Gasteiger partial charge in [-0.2, -0.15) is 0 Å². The molecule has 0 saturated carbocycles. The molecule has 1 N–H and O–H groups in total. The van der Waals surface area contributed by atoms with Crippen molar-refractivity contribution in [3.63, 3.8) is 0 Å². The molecule has 0 atom stereocenters. The molecule has 28 heavy (non-hydrogen) atoms. The molecule has 2 aromatic carbocycles. The maximum absolute atomic E-state index is 12.3. The summed E-state index contributed by atoms with van der Waals surface area (Å²) in [6, 6.07) is 17.1. The number of rotatable bonds is 6. The Kier molecular flexibility index (Phi) is 6.66. The number of carbonyl (C=O) groups is 2. The molecule has 1 heterocycles. The van der Waals surface area contributed by atoms with Crippen molar-refractivity contribution in [2.45, 2.75) is 20.0 Å². The van der Waals surface area contributed by atoms with Gasteiger partial charge in [-0.05, 0) is 50.2 Å². The second-order valence-corrected chi connectivity index (χ2v) is 7.18. The van der Waals surface area contributed by atoms with E-state index in [1.165, 1.54) is 5.69 Å². The van der Waals surface area contributed by atoms with Crippen LogP contribution in [0, 0.1) is 0 Å². The fourth-order valence-electron chi connectivity index (χ4n) is 3.18. The van der Waals surface area contributed by atoms with Gasteiger partial charge in [-0.25, -0.2) is 4.79 Å². The Morgan fingerprint density at radius 2 is 1.61 bits per heavy atom. The average molecular weight is 381 g/mol. The van der Waals surface area contributed by atoms with Crippen LogP contribution in [-0.2, 0) is 9.53 Å². The van der Waals surface area contributed by atoms with Crippen LogP contribution in [0.1, 0.15) is 24.2 Å². The summed E-state index contributed by atoms with van der Waals surface area (Å²) < 4.78 is 5.16. The van der Waals surface area contributed by atoms with Crippen LogP contribution in [0.2, 0.25) is 0 Å². The quantitative estimate of drug-likeness (QED) is 0.780. The van der Waals surface area contributed by atoms with Crippen molar-refractivity contribution in [3.8, 4) is 0 Å². The predicted molar refractivity (Wildman–Crippen MR) is 111 cm³/mol. The van der Waals surface area contributed by atoms with Crippen LogP contribution >= 0.6 is 0 Å². The lowest BCUT2D eigenvalue weighted by molar-refractivity contribution is -0.117. The van der Waals surface area contributed by atoms with Gasteiger partial charge in [0.2, 0.25) is 5.91 Å². The summed E-state index contributed by atoms with van der Waals surface area (Å²) in [5.74, 6) is -0.408. The molecule has 0 aliphatic carbocycles. The molecule has 0 radical (unpaired) electrons. The van der Waals surface area contributed by atoms with E-state index in [0.29, 0.717) is 17.8 Å². The first-order valence-corrected chi connectivity index (χ1v) is 9.64. The van der Waals surface area contributed by atoms with E-state index >= 15 is 0 Å². The number of piperazine rings is 1. The highest BCUT2D eigenvalue weighted by Crippen LogP contribution is 2.16. The molecule has 148 valence electrons. The number of para-hydroxylation sites is 1. The lowest BCUT2D eigenvalue weighted by Crippen LogP contribution is -2.48. The lowest BCUT2D eigenvalue weighted by atomic mass is 10.2. The van der Waals surface area contributed by atoms with Gasteiger partial charge in [0, 0.05) is 37.6 Å². The van der Waals surface area contributed by atoms with Gasteiger partial charge in [0.15, 0.2) is 0 Å². The number of anilines is 2. The van der Waals surface area contributed by atoms with Crippen LogP contribution in [0.3, 0.4) is 0 Å². The number of esters is 1. The van der Waals surface area contributed by atoms with Crippen LogP contribution in [0.15, 0.2) is 54.6 Å². The van der Waals surface area contributed by atoms with Gasteiger partial charge in [0.05, 0.1) is 18.2 Å². The van der Waals surface area contributed by atoms with Crippen molar-refractivity contribution in [1.29, 1.82) is 0 Å². The molecular weight excluding hydrogens is 354 g/mol. The smallest absolute Gasteiger partial charge is 0.338 e. The zero-order chi connectivity index (χ0) is 19.9. The van der Waals surface area contributed by atoms with Crippen LogP contribution in [0.5, 0.6) is 0 Å². The maximum atomic E-state index is 12.3. The minimum absolute atomic E-state index is 0.0503. The van der Waals surface area contributed by atoms with Crippen LogP contribution in [-0.4, -0.2) is 55.6 Å². The van der Waals surface area contributed by atoms with E-state index in [1.54, 1.807) is 24.3 Å². The normalized spacial score (nSPS) is 14.8. The van der Waals surface area contributed by atoms with Gasteiger partial charge in [0.1, 0.15) is 0 Å². The van der Waals surface area contributed by atoms with Gasteiger partial charge in [-0.15, -0.1) is 0 Å². The summed E-state index contributed by atoms with van der Waals surface area (Å²) in [5.41, 5.74) is 2.38. The Morgan fingerprint density at radius 3 is 2.21 bits per heavy atom. The minimum Gasteiger partial charge on any atom is -0.459 e. The van der Waals surface area contributed by atoms with Crippen molar-refractivity contribution >= 4 is 23.3 Å². The summed E-state index contributed by atoms with van der Waals surface area (Å²) in [6.45, 7) is 7.50. The first-order chi connectivity index (χ1) is 13.5.